The topological polar surface area (TPSA) is 97.8 Å². The van der Waals surface area contributed by atoms with Crippen molar-refractivity contribution in [3.05, 3.63) is 76.4 Å². The number of aryl methyl sites for hydroxylation is 1. The first kappa shape index (κ1) is 25.0. The third kappa shape index (κ3) is 5.83. The Hall–Kier alpha value is -2.65. The molecular weight excluding hydrogens is 464 g/mol. The molecule has 176 valence electrons. The number of hydrogen-bond donors (Lipinski definition) is 2. The van der Waals surface area contributed by atoms with Crippen LogP contribution in [0.3, 0.4) is 0 Å². The number of aromatic nitrogens is 1. The quantitative estimate of drug-likeness (QED) is 0.420. The highest BCUT2D eigenvalue weighted by Gasteiger charge is 2.22. The lowest BCUT2D eigenvalue weighted by atomic mass is 9.87. The maximum atomic E-state index is 13.1. The summed E-state index contributed by atoms with van der Waals surface area (Å²) in [5, 5.41) is 10.4. The maximum absolute atomic E-state index is 13.1. The predicted molar refractivity (Wildman–Crippen MR) is 128 cm³/mol. The van der Waals surface area contributed by atoms with Crippen molar-refractivity contribution in [3.63, 3.8) is 0 Å². The molecule has 1 unspecified atom stereocenters. The second-order valence-corrected chi connectivity index (χ2v) is 10.7. The lowest BCUT2D eigenvalue weighted by Crippen LogP contribution is -2.15. The summed E-state index contributed by atoms with van der Waals surface area (Å²) in [6, 6.07) is 13.3. The van der Waals surface area contributed by atoms with Crippen LogP contribution in [0.15, 0.2) is 59.6 Å². The van der Waals surface area contributed by atoms with Gasteiger partial charge in [0.15, 0.2) is 6.29 Å². The van der Waals surface area contributed by atoms with Crippen molar-refractivity contribution in [2.75, 3.05) is 11.8 Å². The smallest absolute Gasteiger partial charge is 0.262 e. The molecule has 3 rings (SSSR count). The number of ether oxygens (including phenoxy) is 2. The van der Waals surface area contributed by atoms with Crippen molar-refractivity contribution in [2.24, 2.45) is 0 Å². The second-order valence-electron chi connectivity index (χ2n) is 8.57. The zero-order valence-electron chi connectivity index (χ0n) is 19.1. The summed E-state index contributed by atoms with van der Waals surface area (Å²) in [5.74, 6) is 0.282. The highest BCUT2D eigenvalue weighted by molar-refractivity contribution is 7.92. The van der Waals surface area contributed by atoms with Gasteiger partial charge in [0.1, 0.15) is 11.4 Å². The van der Waals surface area contributed by atoms with Gasteiger partial charge in [0.05, 0.1) is 15.5 Å². The normalized spacial score (nSPS) is 12.9. The minimum absolute atomic E-state index is 0.0202. The van der Waals surface area contributed by atoms with E-state index in [1.807, 2.05) is 0 Å². The Morgan fingerprint density at radius 2 is 1.79 bits per heavy atom. The van der Waals surface area contributed by atoms with E-state index in [1.54, 1.807) is 49.4 Å². The van der Waals surface area contributed by atoms with E-state index in [4.69, 9.17) is 21.1 Å². The maximum Gasteiger partial charge on any atom is 0.262 e. The summed E-state index contributed by atoms with van der Waals surface area (Å²) < 4.78 is 39.6. The molecule has 0 aliphatic rings. The van der Waals surface area contributed by atoms with Crippen LogP contribution in [0, 0.1) is 6.92 Å². The number of nitrogens with zero attached hydrogens (tertiary/aromatic N) is 1. The molecule has 0 saturated heterocycles. The van der Waals surface area contributed by atoms with E-state index < -0.39 is 16.3 Å². The molecule has 9 heteroatoms. The molecule has 1 atom stereocenters. The molecule has 3 aromatic rings. The van der Waals surface area contributed by atoms with Gasteiger partial charge < -0.3 is 14.6 Å². The van der Waals surface area contributed by atoms with Crippen LogP contribution in [0.25, 0.3) is 0 Å². The highest BCUT2D eigenvalue weighted by atomic mass is 35.5. The van der Waals surface area contributed by atoms with E-state index in [-0.39, 0.29) is 26.9 Å². The number of methoxy groups -OCH3 is 1. The molecule has 0 spiro atoms. The average molecular weight is 491 g/mol. The van der Waals surface area contributed by atoms with Crippen LogP contribution in [-0.2, 0) is 20.2 Å². The Morgan fingerprint density at radius 3 is 2.39 bits per heavy atom. The third-order valence-electron chi connectivity index (χ3n) is 5.02. The first-order chi connectivity index (χ1) is 15.4. The molecule has 0 aliphatic carbocycles. The van der Waals surface area contributed by atoms with Crippen LogP contribution in [0.4, 0.5) is 5.69 Å². The first-order valence-corrected chi connectivity index (χ1v) is 12.1. The van der Waals surface area contributed by atoms with Gasteiger partial charge in [-0.1, -0.05) is 62.7 Å². The predicted octanol–water partition coefficient (Wildman–Crippen LogP) is 5.57. The van der Waals surface area contributed by atoms with E-state index in [0.717, 1.165) is 5.56 Å². The van der Waals surface area contributed by atoms with E-state index in [0.29, 0.717) is 16.9 Å². The summed E-state index contributed by atoms with van der Waals surface area (Å²) in [6.07, 6.45) is 0.117. The van der Waals surface area contributed by atoms with E-state index in [2.05, 4.69) is 30.5 Å². The summed E-state index contributed by atoms with van der Waals surface area (Å²) >= 11 is 6.09. The minimum atomic E-state index is -3.95. The van der Waals surface area contributed by atoms with Gasteiger partial charge in [-0.15, -0.1) is 0 Å². The average Bonchev–Trinajstić information content (AvgIpc) is 2.75. The van der Waals surface area contributed by atoms with Crippen LogP contribution < -0.4 is 9.46 Å². The Labute approximate surface area is 199 Å². The van der Waals surface area contributed by atoms with Gasteiger partial charge in [-0.25, -0.2) is 13.4 Å². The molecule has 0 radical (unpaired) electrons. The number of benzene rings is 2. The largest absolute Gasteiger partial charge is 0.436 e. The molecule has 2 N–H and O–H groups in total. The molecule has 7 nitrogen and oxygen atoms in total. The van der Waals surface area contributed by atoms with Crippen molar-refractivity contribution in [1.29, 1.82) is 0 Å². The van der Waals surface area contributed by atoms with Crippen molar-refractivity contribution in [2.45, 2.75) is 44.3 Å². The molecule has 0 aliphatic heterocycles. The molecule has 1 heterocycles. The van der Waals surface area contributed by atoms with Crippen LogP contribution in [0.1, 0.15) is 43.8 Å². The Bertz CT molecular complexity index is 1240. The fourth-order valence-corrected chi connectivity index (χ4v) is 4.36. The van der Waals surface area contributed by atoms with Crippen LogP contribution >= 0.6 is 11.6 Å². The molecule has 0 saturated carbocycles. The van der Waals surface area contributed by atoms with Gasteiger partial charge in [-0.05, 0) is 41.7 Å². The molecule has 0 bridgehead atoms. The number of sulfonamides is 1. The van der Waals surface area contributed by atoms with Gasteiger partial charge in [0.2, 0.25) is 5.88 Å². The summed E-state index contributed by atoms with van der Waals surface area (Å²) in [5.41, 5.74) is 2.04. The molecule has 33 heavy (non-hydrogen) atoms. The van der Waals surface area contributed by atoms with Gasteiger partial charge >= 0.3 is 0 Å². The van der Waals surface area contributed by atoms with Gasteiger partial charge in [-0.2, -0.15) is 0 Å². The molecule has 0 amide bonds. The van der Waals surface area contributed by atoms with Crippen molar-refractivity contribution in [1.82, 2.24) is 4.98 Å². The van der Waals surface area contributed by atoms with Crippen molar-refractivity contribution >= 4 is 27.3 Å². The number of aliphatic hydroxyl groups is 1. The zero-order chi connectivity index (χ0) is 24.4. The van der Waals surface area contributed by atoms with Crippen molar-refractivity contribution < 1.29 is 23.0 Å². The van der Waals surface area contributed by atoms with Gasteiger partial charge in [0, 0.05) is 13.3 Å². The van der Waals surface area contributed by atoms with Crippen LogP contribution in [-0.4, -0.2) is 25.6 Å². The SMILES string of the molecule is COC(O)c1cccc(C)c1Oc1ncc(Cl)cc1NS(=O)(=O)c1ccc(C(C)(C)C)cc1. The van der Waals surface area contributed by atoms with E-state index in [1.165, 1.54) is 19.4 Å². The number of para-hydroxylation sites is 1. The molecule has 1 aromatic heterocycles. The molecular formula is C24H27ClN2O5S. The standard InChI is InChI=1S/C24H27ClN2O5S/c1-15-7-6-8-19(23(28)31-5)21(15)32-22-20(13-17(25)14-26-22)27-33(29,30)18-11-9-16(10-12-18)24(2,3)4/h6-14,23,27-28H,1-5H3. The summed E-state index contributed by atoms with van der Waals surface area (Å²) in [6.45, 7) is 7.95. The third-order valence-corrected chi connectivity index (χ3v) is 6.61. The summed E-state index contributed by atoms with van der Waals surface area (Å²) in [7, 11) is -2.59. The highest BCUT2D eigenvalue weighted by Crippen LogP contribution is 2.37. The molecule has 2 aromatic carbocycles. The van der Waals surface area contributed by atoms with Gasteiger partial charge in [0.25, 0.3) is 10.0 Å². The molecule has 0 fully saturated rings. The fourth-order valence-electron chi connectivity index (χ4n) is 3.15. The number of anilines is 1. The summed E-state index contributed by atoms with van der Waals surface area (Å²) in [4.78, 5) is 4.25. The van der Waals surface area contributed by atoms with Gasteiger partial charge in [-0.3, -0.25) is 4.72 Å². The zero-order valence-corrected chi connectivity index (χ0v) is 20.7. The lowest BCUT2D eigenvalue weighted by Gasteiger charge is -2.20. The van der Waals surface area contributed by atoms with E-state index >= 15 is 0 Å². The first-order valence-electron chi connectivity index (χ1n) is 10.2. The monoisotopic (exact) mass is 490 g/mol. The second kappa shape index (κ2) is 9.69. The number of pyridine rings is 1. The lowest BCUT2D eigenvalue weighted by molar-refractivity contribution is -0.0779. The number of nitrogens with one attached hydrogen (secondary N) is 1. The Balaban J connectivity index is 1.98. The number of rotatable bonds is 7. The van der Waals surface area contributed by atoms with Crippen LogP contribution in [0.5, 0.6) is 11.6 Å². The fraction of sp³-hybridized carbons (Fsp3) is 0.292. The van der Waals surface area contributed by atoms with E-state index in [9.17, 15) is 13.5 Å². The Morgan fingerprint density at radius 1 is 1.12 bits per heavy atom. The van der Waals surface area contributed by atoms with Crippen molar-refractivity contribution in [3.8, 4) is 11.6 Å². The van der Waals surface area contributed by atoms with Crippen LogP contribution in [0.2, 0.25) is 5.02 Å². The number of halogens is 1. The number of aliphatic hydroxyl groups excluding tert-OH is 1. The minimum Gasteiger partial charge on any atom is -0.436 e. The Kier molecular flexibility index (Phi) is 7.33. The number of hydrogen-bond acceptors (Lipinski definition) is 6.